The van der Waals surface area contributed by atoms with E-state index in [9.17, 15) is 0 Å². The summed E-state index contributed by atoms with van der Waals surface area (Å²) in [4.78, 5) is 4.19. The van der Waals surface area contributed by atoms with E-state index in [4.69, 9.17) is 16.0 Å². The van der Waals surface area contributed by atoms with Gasteiger partial charge in [-0.3, -0.25) is 4.98 Å². The molecule has 0 unspecified atom stereocenters. The van der Waals surface area contributed by atoms with Gasteiger partial charge in [0, 0.05) is 18.4 Å². The first-order valence-corrected chi connectivity index (χ1v) is 5.35. The molecule has 0 fully saturated rings. The lowest BCUT2D eigenvalue weighted by atomic mass is 10.2. The molecule has 1 N–H and O–H groups in total. The van der Waals surface area contributed by atoms with E-state index in [1.807, 2.05) is 19.1 Å². The maximum absolute atomic E-state index is 5.54. The van der Waals surface area contributed by atoms with Gasteiger partial charge in [-0.2, -0.15) is 0 Å². The lowest BCUT2D eigenvalue weighted by molar-refractivity contribution is 0.525. The van der Waals surface area contributed by atoms with Crippen molar-refractivity contribution >= 4 is 17.6 Å². The molecule has 2 rings (SSSR count). The highest BCUT2D eigenvalue weighted by molar-refractivity contribution is 6.16. The van der Waals surface area contributed by atoms with Crippen molar-refractivity contribution in [2.45, 2.75) is 19.3 Å². The Balaban J connectivity index is 1.94. The van der Waals surface area contributed by atoms with Crippen LogP contribution in [0.3, 0.4) is 0 Å². The Labute approximate surface area is 97.9 Å². The summed E-state index contributed by atoms with van der Waals surface area (Å²) < 4.78 is 5.19. The molecule has 0 spiro atoms. The van der Waals surface area contributed by atoms with Crippen molar-refractivity contribution in [3.63, 3.8) is 0 Å². The molecule has 16 heavy (non-hydrogen) atoms. The number of halogens is 1. The van der Waals surface area contributed by atoms with Gasteiger partial charge in [0.05, 0.1) is 0 Å². The number of hydrogen-bond donors (Lipinski definition) is 1. The fourth-order valence-electron chi connectivity index (χ4n) is 1.16. The third-order valence-electron chi connectivity index (χ3n) is 2.00. The van der Waals surface area contributed by atoms with Gasteiger partial charge in [-0.05, 0) is 18.6 Å². The summed E-state index contributed by atoms with van der Waals surface area (Å²) >= 11 is 5.54. The number of aromatic nitrogens is 3. The zero-order valence-electron chi connectivity index (χ0n) is 8.77. The van der Waals surface area contributed by atoms with Gasteiger partial charge in [-0.25, -0.2) is 0 Å². The second kappa shape index (κ2) is 4.94. The summed E-state index contributed by atoms with van der Waals surface area (Å²) in [5.74, 6) is 0.631. The molecule has 0 saturated heterocycles. The second-order valence-electron chi connectivity index (χ2n) is 3.30. The zero-order chi connectivity index (χ0) is 11.4. The molecule has 0 atom stereocenters. The van der Waals surface area contributed by atoms with Crippen LogP contribution in [0.4, 0.5) is 6.01 Å². The summed E-state index contributed by atoms with van der Waals surface area (Å²) in [7, 11) is 0. The molecular formula is C10H11ClN4O. The number of nitrogens with one attached hydrogen (secondary N) is 1. The van der Waals surface area contributed by atoms with Crippen molar-refractivity contribution in [3.8, 4) is 0 Å². The van der Waals surface area contributed by atoms with E-state index in [0.29, 0.717) is 18.5 Å². The average molecular weight is 239 g/mol. The molecule has 5 nitrogen and oxygen atoms in total. The summed E-state index contributed by atoms with van der Waals surface area (Å²) in [5.41, 5.74) is 2.04. The zero-order valence-corrected chi connectivity index (χ0v) is 9.53. The molecule has 2 aromatic rings. The lowest BCUT2D eigenvalue weighted by Gasteiger charge is -2.01. The predicted octanol–water partition coefficient (Wildman–Crippen LogP) is 2.12. The minimum absolute atomic E-state index is 0.223. The minimum Gasteiger partial charge on any atom is -0.407 e. The van der Waals surface area contributed by atoms with Crippen LogP contribution in [0.15, 0.2) is 22.7 Å². The second-order valence-corrected chi connectivity index (χ2v) is 3.56. The monoisotopic (exact) mass is 238 g/mol. The number of hydrogen-bond acceptors (Lipinski definition) is 5. The molecule has 0 saturated carbocycles. The van der Waals surface area contributed by atoms with Crippen LogP contribution in [0.2, 0.25) is 0 Å². The van der Waals surface area contributed by atoms with E-state index in [0.717, 1.165) is 11.3 Å². The van der Waals surface area contributed by atoms with Crippen LogP contribution in [-0.2, 0) is 12.4 Å². The molecule has 0 aliphatic rings. The van der Waals surface area contributed by atoms with Crippen LogP contribution < -0.4 is 5.32 Å². The van der Waals surface area contributed by atoms with Gasteiger partial charge in [-0.15, -0.1) is 16.7 Å². The number of rotatable bonds is 4. The van der Waals surface area contributed by atoms with Crippen LogP contribution in [-0.4, -0.2) is 15.2 Å². The van der Waals surface area contributed by atoms with Crippen LogP contribution in [0, 0.1) is 6.92 Å². The van der Waals surface area contributed by atoms with Crippen molar-refractivity contribution in [1.29, 1.82) is 0 Å². The maximum atomic E-state index is 5.54. The van der Waals surface area contributed by atoms with Gasteiger partial charge in [-0.1, -0.05) is 11.2 Å². The molecule has 0 aliphatic carbocycles. The summed E-state index contributed by atoms with van der Waals surface area (Å²) in [6, 6.07) is 4.32. The quantitative estimate of drug-likeness (QED) is 0.827. The Morgan fingerprint density at radius 3 is 2.88 bits per heavy atom. The van der Waals surface area contributed by atoms with E-state index < -0.39 is 0 Å². The first-order chi connectivity index (χ1) is 7.78. The molecule has 0 radical (unpaired) electrons. The van der Waals surface area contributed by atoms with E-state index in [1.54, 1.807) is 6.20 Å². The minimum atomic E-state index is 0.223. The Bertz CT molecular complexity index is 454. The standard InChI is InChI=1S/C10H11ClN4O/c1-7-2-3-8(5-12-7)6-13-10-15-14-9(4-11)16-10/h2-3,5H,4,6H2,1H3,(H,13,15). The number of nitrogens with zero attached hydrogens (tertiary/aromatic N) is 3. The summed E-state index contributed by atoms with van der Waals surface area (Å²) in [6.45, 7) is 2.54. The molecule has 6 heteroatoms. The molecular weight excluding hydrogens is 228 g/mol. The fourth-order valence-corrected chi connectivity index (χ4v) is 1.27. The topological polar surface area (TPSA) is 63.8 Å². The van der Waals surface area contributed by atoms with E-state index in [2.05, 4.69) is 20.5 Å². The molecule has 2 aromatic heterocycles. The third kappa shape index (κ3) is 2.70. The van der Waals surface area contributed by atoms with Crippen molar-refractivity contribution in [1.82, 2.24) is 15.2 Å². The van der Waals surface area contributed by atoms with Crippen LogP contribution in [0.5, 0.6) is 0 Å². The highest BCUT2D eigenvalue weighted by Crippen LogP contribution is 2.09. The van der Waals surface area contributed by atoms with Gasteiger partial charge >= 0.3 is 6.01 Å². The predicted molar refractivity (Wildman–Crippen MR) is 60.2 cm³/mol. The van der Waals surface area contributed by atoms with Crippen molar-refractivity contribution in [3.05, 3.63) is 35.5 Å². The highest BCUT2D eigenvalue weighted by Gasteiger charge is 2.03. The Kier molecular flexibility index (Phi) is 3.36. The third-order valence-corrected chi connectivity index (χ3v) is 2.23. The fraction of sp³-hybridized carbons (Fsp3) is 0.300. The number of pyridine rings is 1. The van der Waals surface area contributed by atoms with Crippen molar-refractivity contribution in [2.24, 2.45) is 0 Å². The average Bonchev–Trinajstić information content (AvgIpc) is 2.76. The van der Waals surface area contributed by atoms with Gasteiger partial charge in [0.2, 0.25) is 5.89 Å². The smallest absolute Gasteiger partial charge is 0.315 e. The van der Waals surface area contributed by atoms with E-state index in [1.165, 1.54) is 0 Å². The summed E-state index contributed by atoms with van der Waals surface area (Å²) in [5, 5.41) is 10.5. The van der Waals surface area contributed by atoms with E-state index in [-0.39, 0.29) is 5.88 Å². The first kappa shape index (κ1) is 10.9. The van der Waals surface area contributed by atoms with Gasteiger partial charge in [0.15, 0.2) is 0 Å². The molecule has 0 aromatic carbocycles. The molecule has 84 valence electrons. The number of anilines is 1. The SMILES string of the molecule is Cc1ccc(CNc2nnc(CCl)o2)cn1. The lowest BCUT2D eigenvalue weighted by Crippen LogP contribution is -2.00. The number of aryl methyl sites for hydroxylation is 1. The Morgan fingerprint density at radius 2 is 2.25 bits per heavy atom. The van der Waals surface area contributed by atoms with Crippen LogP contribution in [0.1, 0.15) is 17.1 Å². The van der Waals surface area contributed by atoms with Crippen LogP contribution in [0.25, 0.3) is 0 Å². The van der Waals surface area contributed by atoms with Crippen molar-refractivity contribution < 1.29 is 4.42 Å². The Morgan fingerprint density at radius 1 is 1.38 bits per heavy atom. The van der Waals surface area contributed by atoms with Gasteiger partial charge in [0.1, 0.15) is 5.88 Å². The van der Waals surface area contributed by atoms with E-state index >= 15 is 0 Å². The maximum Gasteiger partial charge on any atom is 0.315 e. The molecule has 0 amide bonds. The van der Waals surface area contributed by atoms with Crippen LogP contribution >= 0.6 is 11.6 Å². The first-order valence-electron chi connectivity index (χ1n) is 4.81. The van der Waals surface area contributed by atoms with Gasteiger partial charge in [0.25, 0.3) is 0 Å². The largest absolute Gasteiger partial charge is 0.407 e. The molecule has 0 aliphatic heterocycles. The molecule has 0 bridgehead atoms. The van der Waals surface area contributed by atoms with Gasteiger partial charge < -0.3 is 9.73 Å². The number of alkyl halides is 1. The highest BCUT2D eigenvalue weighted by atomic mass is 35.5. The summed E-state index contributed by atoms with van der Waals surface area (Å²) in [6.07, 6.45) is 1.81. The van der Waals surface area contributed by atoms with Crippen molar-refractivity contribution in [2.75, 3.05) is 5.32 Å². The molecule has 2 heterocycles. The Hall–Kier alpha value is -1.62. The normalized spacial score (nSPS) is 10.4.